The number of halogens is 1. The molecule has 0 radical (unpaired) electrons. The molecule has 0 saturated heterocycles. The Morgan fingerprint density at radius 2 is 1.80 bits per heavy atom. The SMILES string of the molecule is Cl.Nc1ccccc1CCC(=O)NC(C1CC1)C1CC1. The molecule has 110 valence electrons. The summed E-state index contributed by atoms with van der Waals surface area (Å²) in [6.07, 6.45) is 6.48. The Kier molecular flexibility index (Phi) is 4.92. The third kappa shape index (κ3) is 3.89. The lowest BCUT2D eigenvalue weighted by Crippen LogP contribution is -2.38. The molecule has 0 unspecified atom stereocenters. The molecule has 0 heterocycles. The van der Waals surface area contributed by atoms with Crippen molar-refractivity contribution >= 4 is 24.0 Å². The average molecular weight is 295 g/mol. The van der Waals surface area contributed by atoms with Gasteiger partial charge in [0.2, 0.25) is 5.91 Å². The van der Waals surface area contributed by atoms with Gasteiger partial charge in [0, 0.05) is 18.2 Å². The van der Waals surface area contributed by atoms with Crippen LogP contribution in [-0.4, -0.2) is 11.9 Å². The second-order valence-corrected chi connectivity index (χ2v) is 5.97. The van der Waals surface area contributed by atoms with Crippen molar-refractivity contribution in [3.63, 3.8) is 0 Å². The molecule has 0 aromatic heterocycles. The number of hydrogen-bond donors (Lipinski definition) is 2. The smallest absolute Gasteiger partial charge is 0.220 e. The maximum atomic E-state index is 12.1. The van der Waals surface area contributed by atoms with Gasteiger partial charge >= 0.3 is 0 Å². The first-order valence-corrected chi connectivity index (χ1v) is 7.37. The van der Waals surface area contributed by atoms with Crippen molar-refractivity contribution in [1.82, 2.24) is 5.32 Å². The molecule has 20 heavy (non-hydrogen) atoms. The molecule has 1 amide bonds. The summed E-state index contributed by atoms with van der Waals surface area (Å²) in [6.45, 7) is 0. The minimum absolute atomic E-state index is 0. The number of hydrogen-bond acceptors (Lipinski definition) is 2. The van der Waals surface area contributed by atoms with Crippen LogP contribution in [0.4, 0.5) is 5.69 Å². The number of aryl methyl sites for hydroxylation is 1. The molecule has 0 atom stereocenters. The fourth-order valence-electron chi connectivity index (χ4n) is 2.80. The quantitative estimate of drug-likeness (QED) is 0.793. The minimum atomic E-state index is 0. The highest BCUT2D eigenvalue weighted by Gasteiger charge is 2.42. The molecule has 4 heteroatoms. The van der Waals surface area contributed by atoms with Crippen LogP contribution >= 0.6 is 12.4 Å². The first kappa shape index (κ1) is 15.2. The fourth-order valence-corrected chi connectivity index (χ4v) is 2.80. The standard InChI is InChI=1S/C16H22N2O.ClH/c17-14-4-2-1-3-11(14)9-10-15(19)18-16(12-5-6-12)13-7-8-13;/h1-4,12-13,16H,5-10,17H2,(H,18,19);1H. The van der Waals surface area contributed by atoms with Gasteiger partial charge in [0.05, 0.1) is 0 Å². The maximum Gasteiger partial charge on any atom is 0.220 e. The van der Waals surface area contributed by atoms with E-state index in [4.69, 9.17) is 5.73 Å². The Morgan fingerprint density at radius 1 is 1.20 bits per heavy atom. The van der Waals surface area contributed by atoms with E-state index in [1.165, 1.54) is 25.7 Å². The lowest BCUT2D eigenvalue weighted by molar-refractivity contribution is -0.122. The van der Waals surface area contributed by atoms with Crippen molar-refractivity contribution in [2.45, 2.75) is 44.6 Å². The number of nitrogens with one attached hydrogen (secondary N) is 1. The van der Waals surface area contributed by atoms with E-state index in [1.807, 2.05) is 24.3 Å². The number of anilines is 1. The molecule has 3 rings (SSSR count). The topological polar surface area (TPSA) is 55.1 Å². The lowest BCUT2D eigenvalue weighted by Gasteiger charge is -2.17. The van der Waals surface area contributed by atoms with E-state index in [1.54, 1.807) is 0 Å². The van der Waals surface area contributed by atoms with Gasteiger partial charge in [0.15, 0.2) is 0 Å². The first-order valence-electron chi connectivity index (χ1n) is 7.37. The predicted octanol–water partition coefficient (Wildman–Crippen LogP) is 2.93. The largest absolute Gasteiger partial charge is 0.399 e. The molecular weight excluding hydrogens is 272 g/mol. The van der Waals surface area contributed by atoms with E-state index in [0.29, 0.717) is 12.5 Å². The van der Waals surface area contributed by atoms with Crippen molar-refractivity contribution in [2.24, 2.45) is 11.8 Å². The molecule has 2 fully saturated rings. The molecule has 1 aromatic rings. The van der Waals surface area contributed by atoms with Crippen molar-refractivity contribution < 1.29 is 4.79 Å². The highest BCUT2D eigenvalue weighted by molar-refractivity contribution is 5.85. The predicted molar refractivity (Wildman–Crippen MR) is 83.8 cm³/mol. The van der Waals surface area contributed by atoms with E-state index >= 15 is 0 Å². The molecule has 0 spiro atoms. The summed E-state index contributed by atoms with van der Waals surface area (Å²) in [7, 11) is 0. The zero-order valence-electron chi connectivity index (χ0n) is 11.7. The zero-order valence-corrected chi connectivity index (χ0v) is 12.5. The van der Waals surface area contributed by atoms with E-state index < -0.39 is 0 Å². The van der Waals surface area contributed by atoms with E-state index in [2.05, 4.69) is 5.32 Å². The van der Waals surface area contributed by atoms with E-state index in [9.17, 15) is 4.79 Å². The summed E-state index contributed by atoms with van der Waals surface area (Å²) in [6, 6.07) is 8.25. The van der Waals surface area contributed by atoms with Gasteiger partial charge in [0.1, 0.15) is 0 Å². The van der Waals surface area contributed by atoms with Crippen molar-refractivity contribution in [3.8, 4) is 0 Å². The number of para-hydroxylation sites is 1. The number of carbonyl (C=O) groups is 1. The summed E-state index contributed by atoms with van der Waals surface area (Å²) in [5, 5.41) is 3.25. The highest BCUT2D eigenvalue weighted by Crippen LogP contribution is 2.44. The monoisotopic (exact) mass is 294 g/mol. The molecular formula is C16H23ClN2O. The summed E-state index contributed by atoms with van der Waals surface area (Å²) >= 11 is 0. The summed E-state index contributed by atoms with van der Waals surface area (Å²) in [5.74, 6) is 1.71. The van der Waals surface area contributed by atoms with Gasteiger partial charge in [-0.2, -0.15) is 0 Å². The molecule has 3 nitrogen and oxygen atoms in total. The minimum Gasteiger partial charge on any atom is -0.399 e. The lowest BCUT2D eigenvalue weighted by atomic mass is 10.1. The maximum absolute atomic E-state index is 12.1. The Morgan fingerprint density at radius 3 is 2.35 bits per heavy atom. The van der Waals surface area contributed by atoms with Crippen molar-refractivity contribution in [1.29, 1.82) is 0 Å². The van der Waals surface area contributed by atoms with Crippen LogP contribution in [0.15, 0.2) is 24.3 Å². The molecule has 0 bridgehead atoms. The average Bonchev–Trinajstić information content (AvgIpc) is 3.28. The fraction of sp³-hybridized carbons (Fsp3) is 0.562. The molecule has 2 aliphatic rings. The van der Waals surface area contributed by atoms with Crippen LogP contribution in [0.25, 0.3) is 0 Å². The third-order valence-corrected chi connectivity index (χ3v) is 4.26. The number of carbonyl (C=O) groups excluding carboxylic acids is 1. The van der Waals surface area contributed by atoms with Crippen LogP contribution < -0.4 is 11.1 Å². The second kappa shape index (κ2) is 6.49. The van der Waals surface area contributed by atoms with Gasteiger partial charge in [0.25, 0.3) is 0 Å². The summed E-state index contributed by atoms with van der Waals surface area (Å²) in [4.78, 5) is 12.1. The normalized spacial score (nSPS) is 17.6. The van der Waals surface area contributed by atoms with Gasteiger partial charge < -0.3 is 11.1 Å². The number of benzene rings is 1. The van der Waals surface area contributed by atoms with E-state index in [-0.39, 0.29) is 18.3 Å². The van der Waals surface area contributed by atoms with Crippen LogP contribution in [-0.2, 0) is 11.2 Å². The summed E-state index contributed by atoms with van der Waals surface area (Å²) in [5.41, 5.74) is 7.76. The third-order valence-electron chi connectivity index (χ3n) is 4.26. The number of nitrogens with two attached hydrogens (primary N) is 1. The summed E-state index contributed by atoms with van der Waals surface area (Å²) < 4.78 is 0. The number of amides is 1. The van der Waals surface area contributed by atoms with Gasteiger partial charge in [-0.05, 0) is 55.6 Å². The van der Waals surface area contributed by atoms with Crippen molar-refractivity contribution in [3.05, 3.63) is 29.8 Å². The highest BCUT2D eigenvalue weighted by atomic mass is 35.5. The molecule has 3 N–H and O–H groups in total. The molecule has 1 aromatic carbocycles. The zero-order chi connectivity index (χ0) is 13.2. The number of rotatable bonds is 6. The van der Waals surface area contributed by atoms with Crippen LogP contribution in [0.1, 0.15) is 37.7 Å². The van der Waals surface area contributed by atoms with E-state index in [0.717, 1.165) is 29.5 Å². The van der Waals surface area contributed by atoms with Crippen LogP contribution in [0.5, 0.6) is 0 Å². The first-order chi connectivity index (χ1) is 9.24. The second-order valence-electron chi connectivity index (χ2n) is 5.97. The Balaban J connectivity index is 0.00000147. The van der Waals surface area contributed by atoms with Gasteiger partial charge in [-0.1, -0.05) is 18.2 Å². The Bertz CT molecular complexity index is 457. The van der Waals surface area contributed by atoms with Crippen LogP contribution in [0.2, 0.25) is 0 Å². The van der Waals surface area contributed by atoms with Gasteiger partial charge in [-0.3, -0.25) is 4.79 Å². The van der Waals surface area contributed by atoms with Gasteiger partial charge in [-0.15, -0.1) is 12.4 Å². The van der Waals surface area contributed by atoms with Crippen LogP contribution in [0.3, 0.4) is 0 Å². The molecule has 2 saturated carbocycles. The van der Waals surface area contributed by atoms with Crippen LogP contribution in [0, 0.1) is 11.8 Å². The van der Waals surface area contributed by atoms with Gasteiger partial charge in [-0.25, -0.2) is 0 Å². The van der Waals surface area contributed by atoms with Crippen molar-refractivity contribution in [2.75, 3.05) is 5.73 Å². The molecule has 0 aliphatic heterocycles. The molecule has 2 aliphatic carbocycles. The Labute approximate surface area is 126 Å². The Hall–Kier alpha value is -1.22. The number of nitrogen functional groups attached to an aromatic ring is 1.